The van der Waals surface area contributed by atoms with Crippen LogP contribution in [0.3, 0.4) is 0 Å². The lowest BCUT2D eigenvalue weighted by Crippen LogP contribution is -2.58. The summed E-state index contributed by atoms with van der Waals surface area (Å²) in [6.45, 7) is 2.95. The van der Waals surface area contributed by atoms with E-state index in [1.807, 2.05) is 71.6 Å². The predicted octanol–water partition coefficient (Wildman–Crippen LogP) is 7.33. The van der Waals surface area contributed by atoms with Gasteiger partial charge in [0.2, 0.25) is 11.8 Å². The van der Waals surface area contributed by atoms with Crippen LogP contribution >= 0.6 is 0 Å². The number of anilines is 1. The van der Waals surface area contributed by atoms with Gasteiger partial charge in [0.15, 0.2) is 0 Å². The van der Waals surface area contributed by atoms with Crippen LogP contribution in [-0.4, -0.2) is 83.8 Å². The Bertz CT molecular complexity index is 2900. The second-order valence-corrected chi connectivity index (χ2v) is 18.9. The molecule has 5 aromatic carbocycles. The third-order valence-electron chi connectivity index (χ3n) is 14.2. The normalized spacial score (nSPS) is 23.2. The number of nitrogens with zero attached hydrogens (tertiary/aromatic N) is 2. The molecule has 5 aromatic rings. The average molecular weight is 971 g/mol. The van der Waals surface area contributed by atoms with E-state index < -0.39 is 83.4 Å². The molecule has 14 heteroatoms. The van der Waals surface area contributed by atoms with E-state index in [1.54, 1.807) is 80.6 Å². The third-order valence-corrected chi connectivity index (χ3v) is 14.2. The highest BCUT2D eigenvalue weighted by molar-refractivity contribution is 6.25. The molecule has 8 unspecified atom stereocenters. The second-order valence-electron chi connectivity index (χ2n) is 18.9. The van der Waals surface area contributed by atoms with Gasteiger partial charge in [-0.15, -0.1) is 0 Å². The van der Waals surface area contributed by atoms with Gasteiger partial charge in [-0.1, -0.05) is 135 Å². The number of allylic oxidation sites excluding steroid dienone is 2. The number of hydrogen-bond donors (Lipinski definition) is 4. The first-order valence-electron chi connectivity index (χ1n) is 24.5. The molecule has 370 valence electrons. The lowest BCUT2D eigenvalue weighted by atomic mass is 9.65. The number of amides is 4. The van der Waals surface area contributed by atoms with Crippen LogP contribution in [0.1, 0.15) is 97.2 Å². The van der Waals surface area contributed by atoms with Crippen LogP contribution in [0.5, 0.6) is 5.75 Å². The number of ether oxygens (including phenoxy) is 3. The first kappa shape index (κ1) is 49.4. The minimum Gasteiger partial charge on any atom is -0.491 e. The fourth-order valence-electron chi connectivity index (χ4n) is 10.9. The predicted molar refractivity (Wildman–Crippen MR) is 268 cm³/mol. The Kier molecular flexibility index (Phi) is 14.7. The van der Waals surface area contributed by atoms with Gasteiger partial charge in [0.25, 0.3) is 0 Å². The summed E-state index contributed by atoms with van der Waals surface area (Å²) in [6.07, 6.45) is 3.75. The fourth-order valence-corrected chi connectivity index (χ4v) is 10.9. The van der Waals surface area contributed by atoms with Crippen LogP contribution in [0.25, 0.3) is 0 Å². The molecule has 4 aliphatic rings. The molecule has 2 saturated heterocycles. The van der Waals surface area contributed by atoms with Crippen LogP contribution in [0.15, 0.2) is 145 Å². The van der Waals surface area contributed by atoms with Crippen LogP contribution < -0.4 is 20.3 Å². The highest BCUT2D eigenvalue weighted by atomic mass is 16.6. The number of carbonyl (C=O) groups is 5. The maximum absolute atomic E-state index is 16.7. The van der Waals surface area contributed by atoms with Gasteiger partial charge in [0.1, 0.15) is 36.0 Å². The van der Waals surface area contributed by atoms with E-state index in [-0.39, 0.29) is 31.0 Å². The number of carbonyl (C=O) groups excluding carboxylic acids is 5. The Labute approximate surface area is 419 Å². The van der Waals surface area contributed by atoms with Crippen LogP contribution in [-0.2, 0) is 34.1 Å². The summed E-state index contributed by atoms with van der Waals surface area (Å²) in [5.41, 5.74) is 2.08. The van der Waals surface area contributed by atoms with Crippen molar-refractivity contribution in [1.82, 2.24) is 15.5 Å². The maximum Gasteiger partial charge on any atom is 0.329 e. The third kappa shape index (κ3) is 9.27. The van der Waals surface area contributed by atoms with Crippen molar-refractivity contribution in [3.63, 3.8) is 0 Å². The first-order chi connectivity index (χ1) is 35.0. The fraction of sp³-hybridized carbons (Fsp3) is 0.328. The molecule has 4 amide bonds. The summed E-state index contributed by atoms with van der Waals surface area (Å²) < 4.78 is 17.5. The van der Waals surface area contributed by atoms with Gasteiger partial charge in [-0.25, -0.2) is 14.5 Å². The van der Waals surface area contributed by atoms with E-state index in [1.165, 1.54) is 7.11 Å². The summed E-state index contributed by atoms with van der Waals surface area (Å²) in [5.74, 6) is 1.83. The lowest BCUT2D eigenvalue weighted by molar-refractivity contribution is -0.178. The second kappa shape index (κ2) is 21.4. The topological polar surface area (TPSA) is 184 Å². The van der Waals surface area contributed by atoms with Gasteiger partial charge >= 0.3 is 18.0 Å². The Morgan fingerprint density at radius 2 is 1.51 bits per heavy atom. The van der Waals surface area contributed by atoms with Gasteiger partial charge < -0.3 is 35.1 Å². The molecule has 0 saturated carbocycles. The molecule has 3 aliphatic heterocycles. The van der Waals surface area contributed by atoms with Crippen molar-refractivity contribution >= 4 is 35.5 Å². The number of nitrogens with one attached hydrogen (secondary N) is 2. The molecule has 0 radical (unpaired) electrons. The number of imide groups is 1. The zero-order valence-corrected chi connectivity index (χ0v) is 40.4. The zero-order valence-electron chi connectivity index (χ0n) is 40.4. The summed E-state index contributed by atoms with van der Waals surface area (Å²) in [4.78, 5) is 79.3. The monoisotopic (exact) mass is 970 g/mol. The number of hydrogen-bond acceptors (Lipinski definition) is 11. The van der Waals surface area contributed by atoms with E-state index in [0.717, 1.165) is 36.2 Å². The number of rotatable bonds is 13. The van der Waals surface area contributed by atoms with E-state index in [9.17, 15) is 15.0 Å². The van der Waals surface area contributed by atoms with Crippen molar-refractivity contribution in [1.29, 1.82) is 0 Å². The largest absolute Gasteiger partial charge is 0.491 e. The first-order valence-corrected chi connectivity index (χ1v) is 24.5. The molecule has 8 atom stereocenters. The maximum atomic E-state index is 16.7. The molecule has 72 heavy (non-hydrogen) atoms. The summed E-state index contributed by atoms with van der Waals surface area (Å²) in [6, 6.07) is 33.8. The molecule has 1 aliphatic carbocycles. The number of urea groups is 1. The van der Waals surface area contributed by atoms with Crippen molar-refractivity contribution in [2.75, 3.05) is 31.8 Å². The van der Waals surface area contributed by atoms with E-state index >= 15 is 19.2 Å². The van der Waals surface area contributed by atoms with E-state index in [4.69, 9.17) is 14.2 Å². The smallest absolute Gasteiger partial charge is 0.329 e. The molecule has 4 N–H and O–H groups in total. The standard InChI is InChI=1S/C58H58N4O10/c1-36(2)48(54(66)70-3)60-57(69)61-45-31-26-38(25-24-37-16-8-4-9-17-37)34-44(45)58(56(61)68)47(53(65)59-35-46(64)39-18-10-5-11-19-39)50-55(67)72-51(41-22-14-7-15-23-41)49(40-20-12-6-13-21-40)62(50)52(58)42-27-29-43(30-28-42)71-33-32-63/h5-7,10-16,18-23,26-31,34,36,46-52,63-64H,4,8-9,17,32-33,35H2,1-3H3,(H,59,65)(H,60,69). The van der Waals surface area contributed by atoms with Gasteiger partial charge in [-0.05, 0) is 95.3 Å². The number of cyclic esters (lactones) is 1. The van der Waals surface area contributed by atoms with Crippen molar-refractivity contribution in [2.24, 2.45) is 11.8 Å². The molecular formula is C58H58N4O10. The van der Waals surface area contributed by atoms with Crippen molar-refractivity contribution in [3.05, 3.63) is 178 Å². The molecule has 1 spiro atoms. The molecule has 2 fully saturated rings. The number of morpholine rings is 1. The van der Waals surface area contributed by atoms with Crippen molar-refractivity contribution < 1.29 is 48.4 Å². The molecule has 0 bridgehead atoms. The average Bonchev–Trinajstić information content (AvgIpc) is 3.87. The quantitative estimate of drug-likeness (QED) is 0.0685. The number of aliphatic hydroxyl groups is 2. The highest BCUT2D eigenvalue weighted by Gasteiger charge is 2.75. The summed E-state index contributed by atoms with van der Waals surface area (Å²) in [7, 11) is 1.21. The van der Waals surface area contributed by atoms with E-state index in [2.05, 4.69) is 28.6 Å². The number of esters is 2. The SMILES string of the molecule is COC(=O)C(NC(=O)N1C(=O)C2(c3cc(C#CC4=CCCCC4)ccc31)C(C(=O)NCC(O)c1ccccc1)C1C(=O)OC(c3ccccc3)C(c3ccccc3)N1C2c1ccc(OCCO)cc1)C(C)C. The minimum absolute atomic E-state index is 0.0122. The Morgan fingerprint density at radius 3 is 2.15 bits per heavy atom. The van der Waals surface area contributed by atoms with Crippen LogP contribution in [0.2, 0.25) is 0 Å². The highest BCUT2D eigenvalue weighted by Crippen LogP contribution is 2.66. The molecule has 0 aromatic heterocycles. The van der Waals surface area contributed by atoms with Crippen molar-refractivity contribution in [3.8, 4) is 17.6 Å². The van der Waals surface area contributed by atoms with Crippen LogP contribution in [0.4, 0.5) is 10.5 Å². The minimum atomic E-state index is -2.13. The zero-order chi connectivity index (χ0) is 50.5. The van der Waals surface area contributed by atoms with Gasteiger partial charge in [0, 0.05) is 12.1 Å². The number of benzene rings is 5. The Morgan fingerprint density at radius 1 is 0.833 bits per heavy atom. The van der Waals surface area contributed by atoms with Gasteiger partial charge in [-0.3, -0.25) is 19.3 Å². The summed E-state index contributed by atoms with van der Waals surface area (Å²) >= 11 is 0. The number of fused-ring (bicyclic) bond motifs is 3. The molecular weight excluding hydrogens is 913 g/mol. The molecule has 9 rings (SSSR count). The van der Waals surface area contributed by atoms with Gasteiger partial charge in [0.05, 0.1) is 43.5 Å². The van der Waals surface area contributed by atoms with Gasteiger partial charge in [-0.2, -0.15) is 0 Å². The molecule has 14 nitrogen and oxygen atoms in total. The number of methoxy groups -OCH3 is 1. The Balaban J connectivity index is 1.33. The number of aliphatic hydroxyl groups excluding tert-OH is 2. The van der Waals surface area contributed by atoms with Crippen molar-refractivity contribution in [2.45, 2.75) is 81.3 Å². The molecule has 3 heterocycles. The lowest BCUT2D eigenvalue weighted by Gasteiger charge is -2.46. The Hall–Kier alpha value is -7.57. The van der Waals surface area contributed by atoms with Crippen LogP contribution in [0, 0.1) is 23.7 Å². The van der Waals surface area contributed by atoms with E-state index in [0.29, 0.717) is 33.6 Å². The summed E-state index contributed by atoms with van der Waals surface area (Å²) in [5, 5.41) is 26.9.